The number of nitrogens with zero attached hydrogens (tertiary/aromatic N) is 4. The maximum Gasteiger partial charge on any atom is 0.220 e. The Hall–Kier alpha value is -1.05. The van der Waals surface area contributed by atoms with E-state index in [-0.39, 0.29) is 5.91 Å². The van der Waals surface area contributed by atoms with Crippen molar-refractivity contribution in [2.75, 3.05) is 32.7 Å². The van der Waals surface area contributed by atoms with Gasteiger partial charge in [0, 0.05) is 51.1 Å². The van der Waals surface area contributed by atoms with Crippen LogP contribution in [0.15, 0.2) is 0 Å². The molecule has 0 radical (unpaired) electrons. The molecule has 1 aromatic heterocycles. The van der Waals surface area contributed by atoms with E-state index in [0.29, 0.717) is 18.4 Å². The second kappa shape index (κ2) is 7.68. The molecule has 1 atom stereocenters. The normalized spacial score (nSPS) is 24.7. The van der Waals surface area contributed by atoms with Gasteiger partial charge in [-0.25, -0.2) is 0 Å². The van der Waals surface area contributed by atoms with Crippen molar-refractivity contribution in [3.05, 3.63) is 10.0 Å². The molecule has 23 heavy (non-hydrogen) atoms. The SMILES string of the molecule is CC(C)c1nnc(CN2CCN(C3CCNC(=O)CC3)CC2)s1. The standard InChI is InChI=1S/C16H27N5OS/c1-12(2)16-19-18-15(23-16)11-20-7-9-21(10-8-20)13-3-4-14(22)17-6-5-13/h12-13H,3-11H2,1-2H3,(H,17,22). The highest BCUT2D eigenvalue weighted by Crippen LogP contribution is 2.21. The van der Waals surface area contributed by atoms with Gasteiger partial charge in [-0.15, -0.1) is 10.2 Å². The number of hydrogen-bond donors (Lipinski definition) is 1. The number of nitrogens with one attached hydrogen (secondary N) is 1. The van der Waals surface area contributed by atoms with E-state index >= 15 is 0 Å². The maximum atomic E-state index is 11.5. The molecule has 3 rings (SSSR count). The van der Waals surface area contributed by atoms with Crippen LogP contribution in [-0.2, 0) is 11.3 Å². The third-order valence-corrected chi connectivity index (χ3v) is 5.97. The van der Waals surface area contributed by atoms with Gasteiger partial charge in [-0.3, -0.25) is 14.6 Å². The summed E-state index contributed by atoms with van der Waals surface area (Å²) >= 11 is 1.74. The van der Waals surface area contributed by atoms with Gasteiger partial charge < -0.3 is 5.32 Å². The topological polar surface area (TPSA) is 61.4 Å². The van der Waals surface area contributed by atoms with Gasteiger partial charge in [0.25, 0.3) is 0 Å². The fourth-order valence-electron chi connectivity index (χ4n) is 3.32. The minimum absolute atomic E-state index is 0.211. The number of aromatic nitrogens is 2. The first-order valence-corrected chi connectivity index (χ1v) is 9.49. The smallest absolute Gasteiger partial charge is 0.220 e. The molecule has 7 heteroatoms. The minimum atomic E-state index is 0.211. The van der Waals surface area contributed by atoms with E-state index in [9.17, 15) is 4.79 Å². The zero-order valence-corrected chi connectivity index (χ0v) is 14.9. The molecule has 0 saturated carbocycles. The maximum absolute atomic E-state index is 11.5. The summed E-state index contributed by atoms with van der Waals surface area (Å²) in [5.41, 5.74) is 0. The molecular weight excluding hydrogens is 310 g/mol. The Bertz CT molecular complexity index is 524. The van der Waals surface area contributed by atoms with Crippen molar-refractivity contribution < 1.29 is 4.79 Å². The van der Waals surface area contributed by atoms with Gasteiger partial charge in [0.15, 0.2) is 0 Å². The highest BCUT2D eigenvalue weighted by Gasteiger charge is 2.26. The number of hydrogen-bond acceptors (Lipinski definition) is 6. The summed E-state index contributed by atoms with van der Waals surface area (Å²) in [6.07, 6.45) is 2.76. The molecule has 2 aliphatic rings. The van der Waals surface area contributed by atoms with Crippen LogP contribution in [0.1, 0.15) is 49.0 Å². The molecular formula is C16H27N5OS. The number of piperazine rings is 1. The van der Waals surface area contributed by atoms with E-state index in [1.54, 1.807) is 11.3 Å². The first-order valence-electron chi connectivity index (χ1n) is 8.67. The van der Waals surface area contributed by atoms with Crippen LogP contribution in [0.5, 0.6) is 0 Å². The molecule has 2 fully saturated rings. The zero-order chi connectivity index (χ0) is 16.2. The van der Waals surface area contributed by atoms with Crippen molar-refractivity contribution in [3.8, 4) is 0 Å². The van der Waals surface area contributed by atoms with Gasteiger partial charge in [0.2, 0.25) is 5.91 Å². The van der Waals surface area contributed by atoms with Crippen LogP contribution in [-0.4, -0.2) is 64.7 Å². The number of amides is 1. The Labute approximate surface area is 142 Å². The number of carbonyl (C=O) groups excluding carboxylic acids is 1. The third-order valence-electron chi connectivity index (χ3n) is 4.76. The van der Waals surface area contributed by atoms with Crippen molar-refractivity contribution in [2.45, 2.75) is 51.6 Å². The second-order valence-corrected chi connectivity index (χ2v) is 7.93. The van der Waals surface area contributed by atoms with Crippen molar-refractivity contribution in [1.29, 1.82) is 0 Å². The molecule has 1 unspecified atom stereocenters. The Morgan fingerprint density at radius 1 is 1.22 bits per heavy atom. The lowest BCUT2D eigenvalue weighted by Gasteiger charge is -2.38. The van der Waals surface area contributed by atoms with Crippen LogP contribution >= 0.6 is 11.3 Å². The van der Waals surface area contributed by atoms with E-state index in [4.69, 9.17) is 0 Å². The summed E-state index contributed by atoms with van der Waals surface area (Å²) < 4.78 is 0. The lowest BCUT2D eigenvalue weighted by atomic mass is 10.1. The van der Waals surface area contributed by atoms with Crippen molar-refractivity contribution in [2.24, 2.45) is 0 Å². The summed E-state index contributed by atoms with van der Waals surface area (Å²) in [6.45, 7) is 10.4. The summed E-state index contributed by atoms with van der Waals surface area (Å²) in [5, 5.41) is 13.8. The predicted molar refractivity (Wildman–Crippen MR) is 91.5 cm³/mol. The monoisotopic (exact) mass is 337 g/mol. The molecule has 0 spiro atoms. The zero-order valence-electron chi connectivity index (χ0n) is 14.1. The van der Waals surface area contributed by atoms with Crippen molar-refractivity contribution in [3.63, 3.8) is 0 Å². The van der Waals surface area contributed by atoms with Crippen LogP contribution < -0.4 is 5.32 Å². The molecule has 0 bridgehead atoms. The molecule has 2 saturated heterocycles. The molecule has 6 nitrogen and oxygen atoms in total. The number of rotatable bonds is 4. The van der Waals surface area contributed by atoms with Crippen LogP contribution in [0.25, 0.3) is 0 Å². The van der Waals surface area contributed by atoms with Gasteiger partial charge in [-0.1, -0.05) is 25.2 Å². The van der Waals surface area contributed by atoms with Crippen LogP contribution in [0, 0.1) is 0 Å². The molecule has 128 valence electrons. The van der Waals surface area contributed by atoms with Gasteiger partial charge in [0.05, 0.1) is 6.54 Å². The van der Waals surface area contributed by atoms with E-state index in [1.165, 1.54) is 0 Å². The fourth-order valence-corrected chi connectivity index (χ4v) is 4.20. The average molecular weight is 337 g/mol. The highest BCUT2D eigenvalue weighted by atomic mass is 32.1. The summed E-state index contributed by atoms with van der Waals surface area (Å²) in [7, 11) is 0. The Morgan fingerprint density at radius 2 is 2.00 bits per heavy atom. The number of carbonyl (C=O) groups is 1. The minimum Gasteiger partial charge on any atom is -0.356 e. The van der Waals surface area contributed by atoms with Crippen LogP contribution in [0.4, 0.5) is 0 Å². The lowest BCUT2D eigenvalue weighted by Crippen LogP contribution is -2.50. The van der Waals surface area contributed by atoms with Gasteiger partial charge in [-0.2, -0.15) is 0 Å². The largest absolute Gasteiger partial charge is 0.356 e. The van der Waals surface area contributed by atoms with Gasteiger partial charge in [-0.05, 0) is 12.8 Å². The van der Waals surface area contributed by atoms with Crippen LogP contribution in [0.2, 0.25) is 0 Å². The summed E-state index contributed by atoms with van der Waals surface area (Å²) in [5.74, 6) is 0.674. The van der Waals surface area contributed by atoms with Crippen molar-refractivity contribution >= 4 is 17.2 Å². The van der Waals surface area contributed by atoms with E-state index in [1.807, 2.05) is 0 Å². The first-order chi connectivity index (χ1) is 11.1. The van der Waals surface area contributed by atoms with E-state index in [0.717, 1.165) is 62.1 Å². The third kappa shape index (κ3) is 4.49. The molecule has 1 amide bonds. The Morgan fingerprint density at radius 3 is 2.70 bits per heavy atom. The van der Waals surface area contributed by atoms with Gasteiger partial charge in [0.1, 0.15) is 10.0 Å². The van der Waals surface area contributed by atoms with E-state index in [2.05, 4.69) is 39.2 Å². The first kappa shape index (κ1) is 16.8. The summed E-state index contributed by atoms with van der Waals surface area (Å²) in [6, 6.07) is 0.560. The molecule has 3 heterocycles. The van der Waals surface area contributed by atoms with E-state index < -0.39 is 0 Å². The molecule has 0 aliphatic carbocycles. The summed E-state index contributed by atoms with van der Waals surface area (Å²) in [4.78, 5) is 16.5. The molecule has 1 N–H and O–H groups in total. The van der Waals surface area contributed by atoms with Crippen molar-refractivity contribution in [1.82, 2.24) is 25.3 Å². The highest BCUT2D eigenvalue weighted by molar-refractivity contribution is 7.11. The second-order valence-electron chi connectivity index (χ2n) is 6.83. The fraction of sp³-hybridized carbons (Fsp3) is 0.812. The van der Waals surface area contributed by atoms with Gasteiger partial charge >= 0.3 is 0 Å². The molecule has 2 aliphatic heterocycles. The molecule has 1 aromatic rings. The van der Waals surface area contributed by atoms with Crippen LogP contribution in [0.3, 0.4) is 0 Å². The predicted octanol–water partition coefficient (Wildman–Crippen LogP) is 1.45. The average Bonchev–Trinajstić information content (AvgIpc) is 2.90. The Kier molecular flexibility index (Phi) is 5.61. The Balaban J connectivity index is 1.47. The quantitative estimate of drug-likeness (QED) is 0.901. The molecule has 0 aromatic carbocycles. The lowest BCUT2D eigenvalue weighted by molar-refractivity contribution is -0.120.